The summed E-state index contributed by atoms with van der Waals surface area (Å²) in [6, 6.07) is 0.105. The molecular formula is C18H26N4O2S. The lowest BCUT2D eigenvalue weighted by molar-refractivity contribution is -0.135. The molecule has 3 N–H and O–H groups in total. The molecule has 0 aliphatic carbocycles. The number of likely N-dealkylation sites (tertiary alicyclic amines) is 1. The van der Waals surface area contributed by atoms with Gasteiger partial charge >= 0.3 is 0 Å². The van der Waals surface area contributed by atoms with Crippen LogP contribution in [0.3, 0.4) is 0 Å². The van der Waals surface area contributed by atoms with Crippen molar-refractivity contribution in [3.05, 3.63) is 26.6 Å². The molecule has 25 heavy (non-hydrogen) atoms. The second-order valence-corrected chi connectivity index (χ2v) is 8.19. The van der Waals surface area contributed by atoms with Crippen LogP contribution in [-0.2, 0) is 11.2 Å². The highest BCUT2D eigenvalue weighted by atomic mass is 32.1. The smallest absolute Gasteiger partial charge is 0.259 e. The van der Waals surface area contributed by atoms with Crippen LogP contribution in [0.15, 0.2) is 4.79 Å². The molecule has 2 atom stereocenters. The fourth-order valence-corrected chi connectivity index (χ4v) is 4.65. The molecule has 0 radical (unpaired) electrons. The molecule has 1 aliphatic heterocycles. The Hall–Kier alpha value is -1.73. The first-order valence-corrected chi connectivity index (χ1v) is 9.74. The van der Waals surface area contributed by atoms with Gasteiger partial charge in [0.2, 0.25) is 5.91 Å². The first-order chi connectivity index (χ1) is 11.9. The summed E-state index contributed by atoms with van der Waals surface area (Å²) >= 11 is 1.53. The van der Waals surface area contributed by atoms with E-state index in [9.17, 15) is 9.59 Å². The number of nitrogens with zero attached hydrogens (tertiary/aromatic N) is 2. The van der Waals surface area contributed by atoms with Gasteiger partial charge in [0.15, 0.2) is 0 Å². The SMILES string of the molecule is Cc1sc2nc(CCC(=O)N3CCCCC3C(C)N)[nH]c(=O)c2c1C. The molecule has 0 spiro atoms. The summed E-state index contributed by atoms with van der Waals surface area (Å²) in [5.74, 6) is 0.685. The summed E-state index contributed by atoms with van der Waals surface area (Å²) in [6.45, 7) is 6.68. The molecule has 2 aromatic rings. The Balaban J connectivity index is 1.74. The Bertz CT molecular complexity index is 839. The van der Waals surface area contributed by atoms with Crippen LogP contribution in [0.25, 0.3) is 10.2 Å². The van der Waals surface area contributed by atoms with Gasteiger partial charge in [0.25, 0.3) is 5.56 Å². The van der Waals surface area contributed by atoms with E-state index in [0.29, 0.717) is 24.1 Å². The van der Waals surface area contributed by atoms with E-state index in [-0.39, 0.29) is 23.6 Å². The molecule has 1 aliphatic rings. The highest BCUT2D eigenvalue weighted by Crippen LogP contribution is 2.26. The van der Waals surface area contributed by atoms with Gasteiger partial charge in [0, 0.05) is 36.3 Å². The molecule has 1 fully saturated rings. The van der Waals surface area contributed by atoms with E-state index in [0.717, 1.165) is 41.1 Å². The molecule has 0 saturated carbocycles. The fraction of sp³-hybridized carbons (Fsp3) is 0.611. The number of H-pyrrole nitrogens is 1. The minimum absolute atomic E-state index is 0.0180. The third kappa shape index (κ3) is 3.62. The number of carbonyl (C=O) groups excluding carboxylic acids is 1. The number of amides is 1. The average Bonchev–Trinajstić information content (AvgIpc) is 2.87. The Kier molecular flexibility index (Phi) is 5.24. The Morgan fingerprint density at radius 3 is 2.92 bits per heavy atom. The number of aromatic amines is 1. The molecule has 0 aromatic carbocycles. The Labute approximate surface area is 151 Å². The lowest BCUT2D eigenvalue weighted by Crippen LogP contribution is -2.51. The van der Waals surface area contributed by atoms with Gasteiger partial charge in [0.05, 0.1) is 5.39 Å². The van der Waals surface area contributed by atoms with Crippen LogP contribution >= 0.6 is 11.3 Å². The predicted molar refractivity (Wildman–Crippen MR) is 101 cm³/mol. The van der Waals surface area contributed by atoms with E-state index >= 15 is 0 Å². The van der Waals surface area contributed by atoms with E-state index in [1.165, 1.54) is 11.3 Å². The molecule has 1 saturated heterocycles. The van der Waals surface area contributed by atoms with Crippen molar-refractivity contribution in [1.29, 1.82) is 0 Å². The summed E-state index contributed by atoms with van der Waals surface area (Å²) < 4.78 is 0. The van der Waals surface area contributed by atoms with Gasteiger partial charge in [-0.2, -0.15) is 0 Å². The summed E-state index contributed by atoms with van der Waals surface area (Å²) in [4.78, 5) is 36.1. The van der Waals surface area contributed by atoms with Crippen LogP contribution in [0.5, 0.6) is 0 Å². The van der Waals surface area contributed by atoms with Crippen molar-refractivity contribution >= 4 is 27.5 Å². The zero-order valence-corrected chi connectivity index (χ0v) is 15.9. The van der Waals surface area contributed by atoms with Gasteiger partial charge in [-0.25, -0.2) is 4.98 Å². The molecule has 1 amide bonds. The summed E-state index contributed by atoms with van der Waals surface area (Å²) in [5.41, 5.74) is 6.93. The van der Waals surface area contributed by atoms with Gasteiger partial charge in [-0.05, 0) is 45.6 Å². The molecule has 0 bridgehead atoms. The number of aromatic nitrogens is 2. The topological polar surface area (TPSA) is 92.1 Å². The number of hydrogen-bond donors (Lipinski definition) is 2. The molecule has 2 unspecified atom stereocenters. The third-order valence-electron chi connectivity index (χ3n) is 5.14. The monoisotopic (exact) mass is 362 g/mol. The van der Waals surface area contributed by atoms with Crippen molar-refractivity contribution < 1.29 is 4.79 Å². The van der Waals surface area contributed by atoms with E-state index in [4.69, 9.17) is 5.73 Å². The van der Waals surface area contributed by atoms with E-state index in [1.54, 1.807) is 0 Å². The summed E-state index contributed by atoms with van der Waals surface area (Å²) in [5, 5.41) is 0.672. The molecule has 6 nitrogen and oxygen atoms in total. The molecule has 136 valence electrons. The number of aryl methyl sites for hydroxylation is 3. The quantitative estimate of drug-likeness (QED) is 0.873. The maximum Gasteiger partial charge on any atom is 0.259 e. The van der Waals surface area contributed by atoms with Crippen LogP contribution in [0.1, 0.15) is 48.9 Å². The van der Waals surface area contributed by atoms with Crippen LogP contribution in [0.2, 0.25) is 0 Å². The zero-order valence-electron chi connectivity index (χ0n) is 15.1. The number of nitrogens with one attached hydrogen (secondary N) is 1. The molecule has 7 heteroatoms. The standard InChI is InChI=1S/C18H26N4O2S/c1-10-12(3)25-18-16(10)17(24)20-14(21-18)7-8-15(23)22-9-5-4-6-13(22)11(2)19/h11,13H,4-9,19H2,1-3H3,(H,20,21,24). The van der Waals surface area contributed by atoms with E-state index < -0.39 is 0 Å². The van der Waals surface area contributed by atoms with Crippen LogP contribution < -0.4 is 11.3 Å². The number of rotatable bonds is 4. The Morgan fingerprint density at radius 1 is 1.44 bits per heavy atom. The number of thiophene rings is 1. The van der Waals surface area contributed by atoms with Crippen molar-refractivity contribution in [2.24, 2.45) is 5.73 Å². The summed E-state index contributed by atoms with van der Waals surface area (Å²) in [6.07, 6.45) is 3.92. The number of nitrogens with two attached hydrogens (primary N) is 1. The van der Waals surface area contributed by atoms with Crippen LogP contribution in [-0.4, -0.2) is 39.4 Å². The number of fused-ring (bicyclic) bond motifs is 1. The minimum atomic E-state index is -0.110. The first kappa shape index (κ1) is 18.1. The maximum absolute atomic E-state index is 12.6. The lowest BCUT2D eigenvalue weighted by atomic mass is 9.96. The lowest BCUT2D eigenvalue weighted by Gasteiger charge is -2.38. The Morgan fingerprint density at radius 2 is 2.20 bits per heavy atom. The third-order valence-corrected chi connectivity index (χ3v) is 6.24. The van der Waals surface area contributed by atoms with Gasteiger partial charge in [-0.3, -0.25) is 9.59 Å². The second kappa shape index (κ2) is 7.25. The second-order valence-electron chi connectivity index (χ2n) is 6.99. The van der Waals surface area contributed by atoms with Gasteiger partial charge in [-0.15, -0.1) is 11.3 Å². The molecule has 3 heterocycles. The van der Waals surface area contributed by atoms with Crippen molar-refractivity contribution in [3.63, 3.8) is 0 Å². The fourth-order valence-electron chi connectivity index (χ4n) is 3.60. The predicted octanol–water partition coefficient (Wildman–Crippen LogP) is 2.26. The zero-order chi connectivity index (χ0) is 18.1. The van der Waals surface area contributed by atoms with E-state index in [1.807, 2.05) is 25.7 Å². The number of hydrogen-bond acceptors (Lipinski definition) is 5. The normalized spacial score (nSPS) is 19.4. The van der Waals surface area contributed by atoms with Crippen molar-refractivity contribution in [3.8, 4) is 0 Å². The van der Waals surface area contributed by atoms with Crippen molar-refractivity contribution in [2.75, 3.05) is 6.54 Å². The number of piperidine rings is 1. The largest absolute Gasteiger partial charge is 0.338 e. The van der Waals surface area contributed by atoms with Gasteiger partial charge < -0.3 is 15.6 Å². The van der Waals surface area contributed by atoms with Crippen molar-refractivity contribution in [1.82, 2.24) is 14.9 Å². The minimum Gasteiger partial charge on any atom is -0.338 e. The van der Waals surface area contributed by atoms with E-state index in [2.05, 4.69) is 9.97 Å². The van der Waals surface area contributed by atoms with Crippen LogP contribution in [0, 0.1) is 13.8 Å². The van der Waals surface area contributed by atoms with Crippen molar-refractivity contribution in [2.45, 2.75) is 65.0 Å². The molecule has 2 aromatic heterocycles. The highest BCUT2D eigenvalue weighted by molar-refractivity contribution is 7.18. The maximum atomic E-state index is 12.6. The summed E-state index contributed by atoms with van der Waals surface area (Å²) in [7, 11) is 0. The molecule has 3 rings (SSSR count). The highest BCUT2D eigenvalue weighted by Gasteiger charge is 2.28. The van der Waals surface area contributed by atoms with Gasteiger partial charge in [0.1, 0.15) is 10.7 Å². The first-order valence-electron chi connectivity index (χ1n) is 8.92. The number of carbonyl (C=O) groups is 1. The molecular weight excluding hydrogens is 336 g/mol. The van der Waals surface area contributed by atoms with Crippen LogP contribution in [0.4, 0.5) is 0 Å². The van der Waals surface area contributed by atoms with Gasteiger partial charge in [-0.1, -0.05) is 0 Å². The average molecular weight is 362 g/mol.